The number of ether oxygens (including phenoxy) is 2. The van der Waals surface area contributed by atoms with E-state index in [9.17, 15) is 28.8 Å². The van der Waals surface area contributed by atoms with Gasteiger partial charge in [0.05, 0.1) is 7.11 Å². The van der Waals surface area contributed by atoms with Gasteiger partial charge in [0, 0.05) is 49.6 Å². The van der Waals surface area contributed by atoms with E-state index in [1.165, 1.54) is 7.11 Å². The van der Waals surface area contributed by atoms with Gasteiger partial charge in [0.1, 0.15) is 12.4 Å². The Morgan fingerprint density at radius 2 is 1.56 bits per heavy atom. The van der Waals surface area contributed by atoms with Gasteiger partial charge in [0.15, 0.2) is 0 Å². The van der Waals surface area contributed by atoms with Crippen LogP contribution < -0.4 is 10.1 Å². The topological polar surface area (TPSA) is 149 Å². The Labute approximate surface area is 222 Å². The van der Waals surface area contributed by atoms with Crippen LogP contribution in [0.1, 0.15) is 36.3 Å². The standard InChI is InChI=1S/C27H23N3O9/c1-37-16-3-5-18-17-4-2-15(28-22(31)10-11-29-23(32)6-7-24(29)33)12-19(17)21(20(18)13-16)14-38-27(36)39-30-25(34)8-9-26(30)35/h2-7,12-13,21H,8-11,14H2,1H3,(H,28,31). The van der Waals surface area contributed by atoms with Crippen LogP contribution >= 0.6 is 0 Å². The number of anilines is 1. The van der Waals surface area contributed by atoms with Gasteiger partial charge in [-0.2, -0.15) is 0 Å². The van der Waals surface area contributed by atoms with Crippen molar-refractivity contribution in [2.75, 3.05) is 25.6 Å². The molecule has 2 aromatic rings. The molecule has 1 aliphatic carbocycles. The molecule has 2 heterocycles. The number of amides is 5. The lowest BCUT2D eigenvalue weighted by Gasteiger charge is -2.17. The highest BCUT2D eigenvalue weighted by Crippen LogP contribution is 2.47. The van der Waals surface area contributed by atoms with Crippen LogP contribution in [0.15, 0.2) is 48.6 Å². The van der Waals surface area contributed by atoms with Crippen LogP contribution in [0.3, 0.4) is 0 Å². The largest absolute Gasteiger partial charge is 0.533 e. The van der Waals surface area contributed by atoms with Gasteiger partial charge in [-0.25, -0.2) is 4.79 Å². The number of hydroxylamine groups is 2. The summed E-state index contributed by atoms with van der Waals surface area (Å²) >= 11 is 0. The molecule has 1 atom stereocenters. The molecule has 39 heavy (non-hydrogen) atoms. The second-order valence-corrected chi connectivity index (χ2v) is 9.00. The smallest absolute Gasteiger partial charge is 0.497 e. The van der Waals surface area contributed by atoms with Crippen LogP contribution in [0, 0.1) is 0 Å². The second-order valence-electron chi connectivity index (χ2n) is 9.00. The van der Waals surface area contributed by atoms with Crippen molar-refractivity contribution in [1.29, 1.82) is 0 Å². The third-order valence-electron chi connectivity index (χ3n) is 6.64. The molecule has 200 valence electrons. The Bertz CT molecular complexity index is 1410. The molecular formula is C27H23N3O9. The first kappa shape index (κ1) is 25.6. The van der Waals surface area contributed by atoms with E-state index in [-0.39, 0.29) is 32.4 Å². The van der Waals surface area contributed by atoms with E-state index < -0.39 is 41.6 Å². The molecule has 0 bridgehead atoms. The summed E-state index contributed by atoms with van der Waals surface area (Å²) in [6.07, 6.45) is 0.969. The third-order valence-corrected chi connectivity index (χ3v) is 6.64. The monoisotopic (exact) mass is 533 g/mol. The molecule has 1 fully saturated rings. The number of hydrogen-bond donors (Lipinski definition) is 1. The van der Waals surface area contributed by atoms with E-state index in [1.54, 1.807) is 18.2 Å². The predicted octanol–water partition coefficient (Wildman–Crippen LogP) is 2.28. The minimum Gasteiger partial charge on any atom is -0.497 e. The van der Waals surface area contributed by atoms with Crippen molar-refractivity contribution >= 4 is 41.4 Å². The number of methoxy groups -OCH3 is 1. The number of nitrogens with one attached hydrogen (secondary N) is 1. The molecule has 2 aliphatic heterocycles. The highest BCUT2D eigenvalue weighted by molar-refractivity contribution is 6.13. The van der Waals surface area contributed by atoms with Crippen LogP contribution in [-0.4, -0.2) is 65.9 Å². The number of rotatable bonds is 8. The number of carbonyl (C=O) groups is 6. The van der Waals surface area contributed by atoms with E-state index in [0.717, 1.165) is 39.3 Å². The van der Waals surface area contributed by atoms with Gasteiger partial charge in [0.25, 0.3) is 23.6 Å². The first-order valence-electron chi connectivity index (χ1n) is 12.1. The Hall–Kier alpha value is -5.00. The molecule has 0 saturated carbocycles. The van der Waals surface area contributed by atoms with Crippen molar-refractivity contribution in [3.05, 3.63) is 59.7 Å². The summed E-state index contributed by atoms with van der Waals surface area (Å²) in [7, 11) is 1.53. The molecule has 12 nitrogen and oxygen atoms in total. The summed E-state index contributed by atoms with van der Waals surface area (Å²) in [6.45, 7) is -0.223. The average Bonchev–Trinajstić information content (AvgIpc) is 3.53. The van der Waals surface area contributed by atoms with Gasteiger partial charge in [-0.15, -0.1) is 0 Å². The van der Waals surface area contributed by atoms with Crippen molar-refractivity contribution in [3.63, 3.8) is 0 Å². The average molecular weight is 533 g/mol. The van der Waals surface area contributed by atoms with Crippen molar-refractivity contribution in [2.45, 2.75) is 25.2 Å². The van der Waals surface area contributed by atoms with Crippen LogP contribution in [0.2, 0.25) is 0 Å². The summed E-state index contributed by atoms with van der Waals surface area (Å²) in [6, 6.07) is 10.8. The number of benzene rings is 2. The Balaban J connectivity index is 1.31. The van der Waals surface area contributed by atoms with Crippen molar-refractivity contribution in [3.8, 4) is 16.9 Å². The SMILES string of the molecule is COc1ccc2c(c1)C(COC(=O)ON1C(=O)CCC1=O)c1cc(NC(=O)CCN3C(=O)C=CC3=O)ccc1-2. The molecular weight excluding hydrogens is 510 g/mol. The fourth-order valence-corrected chi connectivity index (χ4v) is 4.72. The van der Waals surface area contributed by atoms with E-state index >= 15 is 0 Å². The lowest BCUT2D eigenvalue weighted by molar-refractivity contribution is -0.177. The first-order chi connectivity index (χ1) is 18.7. The Morgan fingerprint density at radius 1 is 0.923 bits per heavy atom. The normalized spacial score (nSPS) is 17.4. The minimum absolute atomic E-state index is 0.0364. The van der Waals surface area contributed by atoms with Gasteiger partial charge in [-0.3, -0.25) is 33.7 Å². The molecule has 1 saturated heterocycles. The quantitative estimate of drug-likeness (QED) is 0.398. The van der Waals surface area contributed by atoms with Gasteiger partial charge in [-0.05, 0) is 46.5 Å². The minimum atomic E-state index is -1.19. The summed E-state index contributed by atoms with van der Waals surface area (Å²) < 4.78 is 10.7. The lowest BCUT2D eigenvalue weighted by Crippen LogP contribution is -2.33. The molecule has 0 spiro atoms. The second kappa shape index (κ2) is 10.4. The maximum Gasteiger partial charge on any atom is 0.533 e. The van der Waals surface area contributed by atoms with Crippen LogP contribution in [0.5, 0.6) is 5.75 Å². The summed E-state index contributed by atoms with van der Waals surface area (Å²) in [5.74, 6) is -2.42. The third kappa shape index (κ3) is 5.08. The van der Waals surface area contributed by atoms with Gasteiger partial charge in [-0.1, -0.05) is 17.2 Å². The molecule has 5 rings (SSSR count). The molecule has 12 heteroatoms. The summed E-state index contributed by atoms with van der Waals surface area (Å²) in [5.41, 5.74) is 3.78. The number of carbonyl (C=O) groups excluding carboxylic acids is 6. The van der Waals surface area contributed by atoms with Crippen molar-refractivity contribution in [2.24, 2.45) is 0 Å². The maximum atomic E-state index is 12.6. The molecule has 1 unspecified atom stereocenters. The van der Waals surface area contributed by atoms with E-state index in [0.29, 0.717) is 16.5 Å². The number of fused-ring (bicyclic) bond motifs is 3. The maximum absolute atomic E-state index is 12.6. The number of nitrogens with zero attached hydrogens (tertiary/aromatic N) is 2. The van der Waals surface area contributed by atoms with E-state index in [1.807, 2.05) is 18.2 Å². The van der Waals surface area contributed by atoms with Gasteiger partial charge < -0.3 is 14.8 Å². The summed E-state index contributed by atoms with van der Waals surface area (Å²) in [5, 5.41) is 3.18. The van der Waals surface area contributed by atoms with E-state index in [4.69, 9.17) is 14.3 Å². The molecule has 5 amide bonds. The predicted molar refractivity (Wildman–Crippen MR) is 133 cm³/mol. The molecule has 0 aromatic heterocycles. The Morgan fingerprint density at radius 3 is 2.23 bits per heavy atom. The summed E-state index contributed by atoms with van der Waals surface area (Å²) in [4.78, 5) is 77.6. The highest BCUT2D eigenvalue weighted by atomic mass is 16.8. The Kier molecular flexibility index (Phi) is 6.84. The van der Waals surface area contributed by atoms with Gasteiger partial charge >= 0.3 is 6.16 Å². The zero-order valence-electron chi connectivity index (χ0n) is 20.8. The van der Waals surface area contributed by atoms with Gasteiger partial charge in [0.2, 0.25) is 5.91 Å². The number of imide groups is 2. The molecule has 2 aromatic carbocycles. The van der Waals surface area contributed by atoms with Crippen LogP contribution in [0.4, 0.5) is 10.5 Å². The lowest BCUT2D eigenvalue weighted by atomic mass is 9.97. The van der Waals surface area contributed by atoms with Crippen molar-refractivity contribution in [1.82, 2.24) is 9.96 Å². The first-order valence-corrected chi connectivity index (χ1v) is 12.1. The fourth-order valence-electron chi connectivity index (χ4n) is 4.72. The molecule has 1 N–H and O–H groups in total. The van der Waals surface area contributed by atoms with Crippen LogP contribution in [-0.2, 0) is 33.5 Å². The van der Waals surface area contributed by atoms with Crippen molar-refractivity contribution < 1.29 is 43.1 Å². The fraction of sp³-hybridized carbons (Fsp3) is 0.259. The number of hydrogen-bond acceptors (Lipinski definition) is 9. The highest BCUT2D eigenvalue weighted by Gasteiger charge is 2.35. The zero-order chi connectivity index (χ0) is 27.7. The molecule has 0 radical (unpaired) electrons. The van der Waals surface area contributed by atoms with E-state index in [2.05, 4.69) is 5.32 Å². The molecule has 3 aliphatic rings. The van der Waals surface area contributed by atoms with Crippen LogP contribution in [0.25, 0.3) is 11.1 Å². The zero-order valence-corrected chi connectivity index (χ0v) is 20.8.